The van der Waals surface area contributed by atoms with E-state index in [-0.39, 0.29) is 30.4 Å². The summed E-state index contributed by atoms with van der Waals surface area (Å²) in [5, 5.41) is 10.6. The third kappa shape index (κ3) is 3.74. The van der Waals surface area contributed by atoms with Crippen LogP contribution in [0.15, 0.2) is 0 Å². The van der Waals surface area contributed by atoms with Gasteiger partial charge in [0.1, 0.15) is 6.54 Å². The largest absolute Gasteiger partial charge is 1.00 e. The van der Waals surface area contributed by atoms with E-state index in [0.717, 1.165) is 49.7 Å². The maximum atomic E-state index is 12.4. The maximum absolute atomic E-state index is 12.4. The van der Waals surface area contributed by atoms with Crippen molar-refractivity contribution in [2.45, 2.75) is 50.7 Å². The van der Waals surface area contributed by atoms with Gasteiger partial charge in [-0.25, -0.2) is 4.79 Å². The van der Waals surface area contributed by atoms with Crippen LogP contribution in [0.5, 0.6) is 0 Å². The zero-order valence-electron chi connectivity index (χ0n) is 13.4. The number of nitrogens with zero attached hydrogens (tertiary/aromatic N) is 1. The predicted octanol–water partition coefficient (Wildman–Crippen LogP) is -1.19. The summed E-state index contributed by atoms with van der Waals surface area (Å²) >= 11 is 2.03. The SMILES string of the molecule is CC(O)(C(=O)OC1CC[N+]2(CCSCC2)C1)C1CCCC1.[Cl-]. The van der Waals surface area contributed by atoms with Crippen LogP contribution in [0.2, 0.25) is 0 Å². The summed E-state index contributed by atoms with van der Waals surface area (Å²) in [5.41, 5.74) is -1.29. The molecule has 2 unspecified atom stereocenters. The summed E-state index contributed by atoms with van der Waals surface area (Å²) in [6.45, 7) is 6.15. The third-order valence-electron chi connectivity index (χ3n) is 5.77. The number of carbonyl (C=O) groups excluding carboxylic acids is 1. The van der Waals surface area contributed by atoms with Gasteiger partial charge in [0, 0.05) is 17.9 Å². The Morgan fingerprint density at radius 3 is 2.45 bits per heavy atom. The Bertz CT molecular complexity index is 393. The fourth-order valence-corrected chi connectivity index (χ4v) is 5.43. The number of quaternary nitrogens is 1. The fourth-order valence-electron chi connectivity index (χ4n) is 4.19. The van der Waals surface area contributed by atoms with Gasteiger partial charge in [-0.05, 0) is 25.7 Å². The highest BCUT2D eigenvalue weighted by atomic mass is 35.5. The Balaban J connectivity index is 0.00000176. The number of carbonyl (C=O) groups is 1. The van der Waals surface area contributed by atoms with Crippen LogP contribution in [0, 0.1) is 5.92 Å². The number of halogens is 1. The molecule has 2 heterocycles. The number of hydrogen-bond donors (Lipinski definition) is 1. The molecule has 1 spiro atoms. The minimum absolute atomic E-state index is 0. The quantitative estimate of drug-likeness (QED) is 0.514. The first-order valence-corrected chi connectivity index (χ1v) is 9.54. The summed E-state index contributed by atoms with van der Waals surface area (Å²) in [7, 11) is 0. The van der Waals surface area contributed by atoms with Crippen molar-refractivity contribution in [3.63, 3.8) is 0 Å². The smallest absolute Gasteiger partial charge is 0.338 e. The van der Waals surface area contributed by atoms with E-state index in [1.807, 2.05) is 11.8 Å². The van der Waals surface area contributed by atoms with Gasteiger partial charge in [0.15, 0.2) is 11.7 Å². The van der Waals surface area contributed by atoms with Crippen molar-refractivity contribution in [3.05, 3.63) is 0 Å². The van der Waals surface area contributed by atoms with Gasteiger partial charge in [-0.1, -0.05) is 12.8 Å². The Morgan fingerprint density at radius 2 is 1.82 bits per heavy atom. The molecule has 1 saturated carbocycles. The number of rotatable bonds is 3. The number of aliphatic hydroxyl groups is 1. The van der Waals surface area contributed by atoms with Crippen LogP contribution in [0.1, 0.15) is 39.0 Å². The van der Waals surface area contributed by atoms with E-state index in [1.54, 1.807) is 6.92 Å². The van der Waals surface area contributed by atoms with Crippen molar-refractivity contribution in [2.24, 2.45) is 5.92 Å². The second-order valence-corrected chi connectivity index (χ2v) is 8.48. The molecule has 4 nitrogen and oxygen atoms in total. The number of esters is 1. The predicted molar refractivity (Wildman–Crippen MR) is 84.1 cm³/mol. The molecule has 0 radical (unpaired) electrons. The summed E-state index contributed by atoms with van der Waals surface area (Å²) in [5.74, 6) is 2.15. The molecule has 3 rings (SSSR count). The third-order valence-corrected chi connectivity index (χ3v) is 6.72. The van der Waals surface area contributed by atoms with Gasteiger partial charge >= 0.3 is 5.97 Å². The van der Waals surface area contributed by atoms with Gasteiger partial charge < -0.3 is 26.7 Å². The Kier molecular flexibility index (Phi) is 6.08. The minimum atomic E-state index is -1.29. The monoisotopic (exact) mass is 349 g/mol. The highest BCUT2D eigenvalue weighted by Gasteiger charge is 2.46. The van der Waals surface area contributed by atoms with Gasteiger partial charge in [-0.3, -0.25) is 0 Å². The Hall–Kier alpha value is 0.0300. The van der Waals surface area contributed by atoms with Crippen LogP contribution in [-0.2, 0) is 9.53 Å². The van der Waals surface area contributed by atoms with E-state index < -0.39 is 5.60 Å². The Labute approximate surface area is 144 Å². The molecule has 2 atom stereocenters. The topological polar surface area (TPSA) is 46.5 Å². The second-order valence-electron chi connectivity index (χ2n) is 7.25. The summed E-state index contributed by atoms with van der Waals surface area (Å²) in [6, 6.07) is 0. The van der Waals surface area contributed by atoms with E-state index in [0.29, 0.717) is 0 Å². The van der Waals surface area contributed by atoms with Gasteiger partial charge in [0.25, 0.3) is 0 Å². The first kappa shape index (κ1) is 18.4. The first-order valence-electron chi connectivity index (χ1n) is 8.38. The van der Waals surface area contributed by atoms with Crippen molar-refractivity contribution in [1.29, 1.82) is 0 Å². The van der Waals surface area contributed by atoms with E-state index in [1.165, 1.54) is 24.6 Å². The average molecular weight is 350 g/mol. The molecule has 1 N–H and O–H groups in total. The highest BCUT2D eigenvalue weighted by molar-refractivity contribution is 7.99. The van der Waals surface area contributed by atoms with Crippen LogP contribution in [-0.4, -0.2) is 64.9 Å². The van der Waals surface area contributed by atoms with Gasteiger partial charge in [0.05, 0.1) is 19.6 Å². The molecule has 0 aromatic heterocycles. The molecule has 1 aliphatic carbocycles. The lowest BCUT2D eigenvalue weighted by Crippen LogP contribution is -3.00. The molecule has 0 bridgehead atoms. The molecule has 0 amide bonds. The standard InChI is InChI=1S/C16H28NO3S.ClH/c1-16(19,13-4-2-3-5-13)15(18)20-14-6-7-17(12-14)8-10-21-11-9-17;/h13-14,19H,2-12H2,1H3;1H/q+1;/p-1. The molecule has 3 fully saturated rings. The first-order chi connectivity index (χ1) is 10.0. The molecular weight excluding hydrogens is 322 g/mol. The maximum Gasteiger partial charge on any atom is 0.338 e. The minimum Gasteiger partial charge on any atom is -1.00 e. The van der Waals surface area contributed by atoms with Crippen LogP contribution >= 0.6 is 11.8 Å². The molecule has 22 heavy (non-hydrogen) atoms. The summed E-state index contributed by atoms with van der Waals surface area (Å²) in [6.07, 6.45) is 5.10. The molecule has 2 saturated heterocycles. The molecule has 0 aromatic carbocycles. The van der Waals surface area contributed by atoms with Crippen molar-refractivity contribution < 1.29 is 31.5 Å². The number of ether oxygens (including phenoxy) is 1. The molecule has 3 aliphatic rings. The lowest BCUT2D eigenvalue weighted by atomic mass is 9.88. The Morgan fingerprint density at radius 1 is 1.18 bits per heavy atom. The van der Waals surface area contributed by atoms with Crippen LogP contribution < -0.4 is 12.4 Å². The molecule has 6 heteroatoms. The normalized spacial score (nSPS) is 30.7. The van der Waals surface area contributed by atoms with Crippen LogP contribution in [0.4, 0.5) is 0 Å². The molecule has 0 aromatic rings. The van der Waals surface area contributed by atoms with E-state index >= 15 is 0 Å². The van der Waals surface area contributed by atoms with Crippen molar-refractivity contribution >= 4 is 17.7 Å². The van der Waals surface area contributed by atoms with E-state index in [4.69, 9.17) is 4.74 Å². The molecule has 2 aliphatic heterocycles. The van der Waals surface area contributed by atoms with Crippen molar-refractivity contribution in [1.82, 2.24) is 0 Å². The van der Waals surface area contributed by atoms with E-state index in [9.17, 15) is 9.90 Å². The van der Waals surface area contributed by atoms with Crippen LogP contribution in [0.3, 0.4) is 0 Å². The molecule has 128 valence electrons. The lowest BCUT2D eigenvalue weighted by molar-refractivity contribution is -0.914. The van der Waals surface area contributed by atoms with E-state index in [2.05, 4.69) is 0 Å². The zero-order valence-corrected chi connectivity index (χ0v) is 15.0. The summed E-state index contributed by atoms with van der Waals surface area (Å²) < 4.78 is 6.83. The fraction of sp³-hybridized carbons (Fsp3) is 0.938. The highest BCUT2D eigenvalue weighted by Crippen LogP contribution is 2.35. The van der Waals surface area contributed by atoms with Crippen molar-refractivity contribution in [2.75, 3.05) is 37.7 Å². The second kappa shape index (κ2) is 7.29. The lowest BCUT2D eigenvalue weighted by Gasteiger charge is -2.37. The zero-order chi connectivity index (χ0) is 14.9. The van der Waals surface area contributed by atoms with Crippen LogP contribution in [0.25, 0.3) is 0 Å². The molecular formula is C16H28ClNO3S. The van der Waals surface area contributed by atoms with Gasteiger partial charge in [0.2, 0.25) is 0 Å². The van der Waals surface area contributed by atoms with Crippen molar-refractivity contribution in [3.8, 4) is 0 Å². The number of hydrogen-bond acceptors (Lipinski definition) is 4. The summed E-state index contributed by atoms with van der Waals surface area (Å²) in [4.78, 5) is 12.4. The van der Waals surface area contributed by atoms with Gasteiger partial charge in [-0.15, -0.1) is 0 Å². The van der Waals surface area contributed by atoms with Gasteiger partial charge in [-0.2, -0.15) is 11.8 Å². The average Bonchev–Trinajstić information content (AvgIpc) is 3.11. The number of thioether (sulfide) groups is 1.